The Labute approximate surface area is 237 Å². The fraction of sp³-hybridized carbons (Fsp3) is 0.300. The van der Waals surface area contributed by atoms with Gasteiger partial charge in [0.25, 0.3) is 0 Å². The lowest BCUT2D eigenvalue weighted by Crippen LogP contribution is -2.39. The van der Waals surface area contributed by atoms with Gasteiger partial charge < -0.3 is 25.2 Å². The molecule has 2 aromatic heterocycles. The van der Waals surface area contributed by atoms with E-state index in [2.05, 4.69) is 26.7 Å². The van der Waals surface area contributed by atoms with Crippen LogP contribution in [0, 0.1) is 11.3 Å². The predicted octanol–water partition coefficient (Wildman–Crippen LogP) is 5.15. The molecule has 11 heteroatoms. The first-order chi connectivity index (χ1) is 19.6. The number of benzene rings is 2. The van der Waals surface area contributed by atoms with Crippen molar-refractivity contribution in [2.45, 2.75) is 38.8 Å². The maximum Gasteiger partial charge on any atom is 0.416 e. The van der Waals surface area contributed by atoms with Gasteiger partial charge in [-0.1, -0.05) is 69.3 Å². The van der Waals surface area contributed by atoms with Crippen molar-refractivity contribution in [2.24, 2.45) is 0 Å². The van der Waals surface area contributed by atoms with Crippen LogP contribution in [0.25, 0.3) is 22.3 Å². The number of nitrogens with one attached hydrogen (secondary N) is 2. The van der Waals surface area contributed by atoms with E-state index in [0.29, 0.717) is 5.52 Å². The number of carbonyl (C=O) groups excluding carboxylic acids is 1. The molecule has 41 heavy (non-hydrogen) atoms. The van der Waals surface area contributed by atoms with Crippen LogP contribution in [0.1, 0.15) is 37.6 Å². The maximum atomic E-state index is 12.5. The molecule has 2 heterocycles. The number of fused-ring (bicyclic) bond motifs is 1. The number of methoxy groups -OCH3 is 1. The van der Waals surface area contributed by atoms with E-state index in [1.54, 1.807) is 12.1 Å². The Morgan fingerprint density at radius 1 is 1.12 bits per heavy atom. The van der Waals surface area contributed by atoms with Crippen LogP contribution in [0.15, 0.2) is 60.8 Å². The van der Waals surface area contributed by atoms with Gasteiger partial charge in [0.05, 0.1) is 30.1 Å². The summed E-state index contributed by atoms with van der Waals surface area (Å²) >= 11 is 0. The molecule has 0 aliphatic carbocycles. The van der Waals surface area contributed by atoms with E-state index in [1.165, 1.54) is 13.3 Å². The smallest absolute Gasteiger partial charge is 0.416 e. The van der Waals surface area contributed by atoms with Crippen LogP contribution in [0.5, 0.6) is 0 Å². The van der Waals surface area contributed by atoms with E-state index in [-0.39, 0.29) is 42.7 Å². The summed E-state index contributed by atoms with van der Waals surface area (Å²) in [6.45, 7) is 6.41. The molecule has 0 aliphatic heterocycles. The van der Waals surface area contributed by atoms with E-state index >= 15 is 0 Å². The van der Waals surface area contributed by atoms with Gasteiger partial charge >= 0.3 is 12.2 Å². The molecule has 0 bridgehead atoms. The third kappa shape index (κ3) is 6.62. The zero-order valence-corrected chi connectivity index (χ0v) is 23.3. The first-order valence-corrected chi connectivity index (χ1v) is 13.0. The van der Waals surface area contributed by atoms with E-state index < -0.39 is 23.6 Å². The van der Waals surface area contributed by atoms with Gasteiger partial charge in [-0.3, -0.25) is 0 Å². The number of anilines is 1. The number of carbonyl (C=O) groups is 2. The SMILES string of the molecule is COCC(CNC(=O)OCc1ccccc1)Nc1cnc(C#N)c(-c2c(C(C)(C)C)c3ccccc3n2C(=O)O)n1. The Kier molecular flexibility index (Phi) is 8.84. The van der Waals surface area contributed by atoms with Gasteiger partial charge in [0.1, 0.15) is 24.2 Å². The largest absolute Gasteiger partial charge is 0.464 e. The second-order valence-electron chi connectivity index (χ2n) is 10.4. The molecular formula is C30H32N6O5. The summed E-state index contributed by atoms with van der Waals surface area (Å²) in [5.74, 6) is 0.280. The normalized spacial score (nSPS) is 12.0. The Morgan fingerprint density at radius 2 is 1.83 bits per heavy atom. The number of amides is 1. The molecule has 0 radical (unpaired) electrons. The molecule has 1 amide bonds. The highest BCUT2D eigenvalue weighted by molar-refractivity contribution is 6.00. The number of carboxylic acid groups (broad SMARTS) is 1. The van der Waals surface area contributed by atoms with Crippen molar-refractivity contribution in [3.8, 4) is 17.5 Å². The number of nitrogens with zero attached hydrogens (tertiary/aromatic N) is 4. The predicted molar refractivity (Wildman–Crippen MR) is 154 cm³/mol. The van der Waals surface area contributed by atoms with Crippen LogP contribution in [0.2, 0.25) is 0 Å². The topological polar surface area (TPSA) is 151 Å². The zero-order valence-electron chi connectivity index (χ0n) is 23.3. The van der Waals surface area contributed by atoms with Gasteiger partial charge in [0, 0.05) is 19.0 Å². The highest BCUT2D eigenvalue weighted by Gasteiger charge is 2.32. The van der Waals surface area contributed by atoms with Crippen molar-refractivity contribution in [2.75, 3.05) is 25.6 Å². The minimum absolute atomic E-state index is 0.0164. The summed E-state index contributed by atoms with van der Waals surface area (Å²) in [7, 11) is 1.53. The molecule has 2 aromatic carbocycles. The monoisotopic (exact) mass is 556 g/mol. The molecular weight excluding hydrogens is 524 g/mol. The van der Waals surface area contributed by atoms with Gasteiger partial charge in [-0.15, -0.1) is 0 Å². The fourth-order valence-electron chi connectivity index (χ4n) is 4.67. The Bertz CT molecular complexity index is 1590. The molecule has 4 rings (SSSR count). The highest BCUT2D eigenvalue weighted by Crippen LogP contribution is 2.41. The van der Waals surface area contributed by atoms with Gasteiger partial charge in [-0.05, 0) is 22.6 Å². The standard InChI is InChI=1S/C30H32N6O5/c1-30(2,3)25-21-12-8-9-13-23(21)36(29(38)39)27(25)26-22(14-31)32-16-24(35-26)34-20(18-40-4)15-33-28(37)41-17-19-10-6-5-7-11-19/h5-13,16,20H,15,17-18H2,1-4H3,(H,33,37)(H,34,35)(H,38,39). The van der Waals surface area contributed by atoms with Crippen LogP contribution in [0.3, 0.4) is 0 Å². The molecule has 0 saturated carbocycles. The molecule has 1 atom stereocenters. The van der Waals surface area contributed by atoms with E-state index in [0.717, 1.165) is 21.1 Å². The quantitative estimate of drug-likeness (QED) is 0.254. The number of alkyl carbamates (subject to hydrolysis) is 1. The second kappa shape index (κ2) is 12.5. The third-order valence-electron chi connectivity index (χ3n) is 6.34. The minimum Gasteiger partial charge on any atom is -0.464 e. The minimum atomic E-state index is -1.20. The summed E-state index contributed by atoms with van der Waals surface area (Å²) in [5.41, 5.74) is 1.99. The molecule has 0 fully saturated rings. The molecule has 0 saturated heterocycles. The maximum absolute atomic E-state index is 12.5. The number of rotatable bonds is 9. The molecule has 0 spiro atoms. The lowest BCUT2D eigenvalue weighted by atomic mass is 9.84. The first kappa shape index (κ1) is 29.0. The van der Waals surface area contributed by atoms with Crippen molar-refractivity contribution >= 4 is 28.9 Å². The lowest BCUT2D eigenvalue weighted by Gasteiger charge is -2.22. The Hall–Kier alpha value is -4.95. The average Bonchev–Trinajstić information content (AvgIpc) is 3.31. The fourth-order valence-corrected chi connectivity index (χ4v) is 4.67. The van der Waals surface area contributed by atoms with Gasteiger partial charge in [0.2, 0.25) is 0 Å². The van der Waals surface area contributed by atoms with Crippen molar-refractivity contribution < 1.29 is 24.2 Å². The first-order valence-electron chi connectivity index (χ1n) is 13.0. The molecule has 1 unspecified atom stereocenters. The Morgan fingerprint density at radius 3 is 2.49 bits per heavy atom. The van der Waals surface area contributed by atoms with Crippen molar-refractivity contribution in [1.82, 2.24) is 19.9 Å². The van der Waals surface area contributed by atoms with Gasteiger partial charge in [-0.25, -0.2) is 24.1 Å². The molecule has 11 nitrogen and oxygen atoms in total. The Balaban J connectivity index is 1.65. The number of hydrogen-bond donors (Lipinski definition) is 3. The summed E-state index contributed by atoms with van der Waals surface area (Å²) in [6, 6.07) is 18.1. The molecule has 3 N–H and O–H groups in total. The molecule has 212 valence electrons. The van der Waals surface area contributed by atoms with Crippen molar-refractivity contribution in [3.05, 3.63) is 77.6 Å². The number of nitriles is 1. The van der Waals surface area contributed by atoms with Crippen LogP contribution < -0.4 is 10.6 Å². The lowest BCUT2D eigenvalue weighted by molar-refractivity contribution is 0.136. The summed E-state index contributed by atoms with van der Waals surface area (Å²) in [4.78, 5) is 33.8. The van der Waals surface area contributed by atoms with Crippen molar-refractivity contribution in [1.29, 1.82) is 5.26 Å². The number of hydrogen-bond acceptors (Lipinski definition) is 8. The number of para-hydroxylation sites is 1. The van der Waals surface area contributed by atoms with Crippen LogP contribution >= 0.6 is 0 Å². The third-order valence-corrected chi connectivity index (χ3v) is 6.34. The van der Waals surface area contributed by atoms with E-state index in [9.17, 15) is 20.0 Å². The summed E-state index contributed by atoms with van der Waals surface area (Å²) < 4.78 is 11.8. The molecule has 0 aliphatic rings. The van der Waals surface area contributed by atoms with Crippen LogP contribution in [-0.2, 0) is 21.5 Å². The van der Waals surface area contributed by atoms with Gasteiger partial charge in [-0.2, -0.15) is 5.26 Å². The highest BCUT2D eigenvalue weighted by atomic mass is 16.5. The van der Waals surface area contributed by atoms with Crippen LogP contribution in [-0.4, -0.2) is 58.1 Å². The summed E-state index contributed by atoms with van der Waals surface area (Å²) in [5, 5.41) is 26.8. The van der Waals surface area contributed by atoms with Crippen molar-refractivity contribution in [3.63, 3.8) is 0 Å². The average molecular weight is 557 g/mol. The van der Waals surface area contributed by atoms with Gasteiger partial charge in [0.15, 0.2) is 5.69 Å². The zero-order chi connectivity index (χ0) is 29.6. The number of aromatic nitrogens is 3. The second-order valence-corrected chi connectivity index (χ2v) is 10.4. The van der Waals surface area contributed by atoms with Crippen LogP contribution in [0.4, 0.5) is 15.4 Å². The summed E-state index contributed by atoms with van der Waals surface area (Å²) in [6.07, 6.45) is -0.404. The van der Waals surface area contributed by atoms with E-state index in [1.807, 2.05) is 63.2 Å². The van der Waals surface area contributed by atoms with E-state index in [4.69, 9.17) is 9.47 Å². The molecule has 4 aromatic rings. The number of ether oxygens (including phenoxy) is 2.